The van der Waals surface area contributed by atoms with Crippen LogP contribution in [0.2, 0.25) is 0 Å². The molecule has 0 aromatic carbocycles. The van der Waals surface area contributed by atoms with Gasteiger partial charge in [0.2, 0.25) is 0 Å². The van der Waals surface area contributed by atoms with Gasteiger partial charge in [-0.1, -0.05) is 34.1 Å². The number of hydrogen-bond donors (Lipinski definition) is 1. The number of likely N-dealkylation sites (N-methyl/N-ethyl adjacent to an activating group) is 2. The van der Waals surface area contributed by atoms with Crippen LogP contribution in [-0.4, -0.2) is 38.1 Å². The molecule has 2 nitrogen and oxygen atoms in total. The first kappa shape index (κ1) is 13.9. The molecule has 0 spiro atoms. The zero-order chi connectivity index (χ0) is 11.2. The van der Waals surface area contributed by atoms with Crippen LogP contribution >= 0.6 is 0 Å². The van der Waals surface area contributed by atoms with E-state index in [0.717, 1.165) is 6.54 Å². The van der Waals surface area contributed by atoms with Crippen molar-refractivity contribution in [2.75, 3.05) is 27.2 Å². The zero-order valence-electron chi connectivity index (χ0n) is 10.9. The Balaban J connectivity index is 4.06. The first-order valence-electron chi connectivity index (χ1n) is 5.75. The molecule has 0 aromatic heterocycles. The monoisotopic (exact) mass is 200 g/mol. The van der Waals surface area contributed by atoms with Gasteiger partial charge in [0, 0.05) is 19.1 Å². The highest BCUT2D eigenvalue weighted by molar-refractivity contribution is 4.75. The minimum atomic E-state index is 0.397. The standard InChI is InChI=1S/C12H28N2/c1-7-8-11(9-13-5)14(6)10-12(2,3)4/h11,13H,7-10H2,1-6H3. The van der Waals surface area contributed by atoms with Gasteiger partial charge in [-0.05, 0) is 25.9 Å². The normalized spacial score (nSPS) is 14.8. The van der Waals surface area contributed by atoms with E-state index >= 15 is 0 Å². The van der Waals surface area contributed by atoms with E-state index in [1.165, 1.54) is 19.4 Å². The Hall–Kier alpha value is -0.0800. The summed E-state index contributed by atoms with van der Waals surface area (Å²) in [5.41, 5.74) is 0.397. The molecular weight excluding hydrogens is 172 g/mol. The van der Waals surface area contributed by atoms with Crippen LogP contribution in [0, 0.1) is 5.41 Å². The molecule has 1 N–H and O–H groups in total. The second-order valence-electron chi connectivity index (χ2n) is 5.48. The molecule has 0 aromatic rings. The van der Waals surface area contributed by atoms with Crippen molar-refractivity contribution in [1.29, 1.82) is 0 Å². The Kier molecular flexibility index (Phi) is 6.38. The highest BCUT2D eigenvalue weighted by Crippen LogP contribution is 2.17. The Morgan fingerprint density at radius 3 is 2.21 bits per heavy atom. The van der Waals surface area contributed by atoms with Gasteiger partial charge >= 0.3 is 0 Å². The maximum atomic E-state index is 3.28. The lowest BCUT2D eigenvalue weighted by molar-refractivity contribution is 0.162. The highest BCUT2D eigenvalue weighted by atomic mass is 15.1. The molecule has 0 bridgehead atoms. The van der Waals surface area contributed by atoms with Gasteiger partial charge in [-0.15, -0.1) is 0 Å². The maximum absolute atomic E-state index is 3.28. The second-order valence-corrected chi connectivity index (χ2v) is 5.48. The third-order valence-corrected chi connectivity index (χ3v) is 2.41. The van der Waals surface area contributed by atoms with E-state index in [1.54, 1.807) is 0 Å². The molecule has 86 valence electrons. The van der Waals surface area contributed by atoms with Crippen LogP contribution in [0.15, 0.2) is 0 Å². The quantitative estimate of drug-likeness (QED) is 0.708. The summed E-state index contributed by atoms with van der Waals surface area (Å²) in [5.74, 6) is 0. The molecule has 0 aliphatic rings. The van der Waals surface area contributed by atoms with Crippen LogP contribution in [0.3, 0.4) is 0 Å². The molecular formula is C12H28N2. The largest absolute Gasteiger partial charge is 0.318 e. The second kappa shape index (κ2) is 6.41. The van der Waals surface area contributed by atoms with Crippen LogP contribution in [0.4, 0.5) is 0 Å². The Morgan fingerprint density at radius 2 is 1.86 bits per heavy atom. The fourth-order valence-electron chi connectivity index (χ4n) is 1.92. The van der Waals surface area contributed by atoms with Gasteiger partial charge in [-0.3, -0.25) is 0 Å². The first-order valence-corrected chi connectivity index (χ1v) is 5.75. The van der Waals surface area contributed by atoms with E-state index in [4.69, 9.17) is 0 Å². The predicted octanol–water partition coefficient (Wildman–Crippen LogP) is 2.35. The van der Waals surface area contributed by atoms with Crippen molar-refractivity contribution in [3.8, 4) is 0 Å². The van der Waals surface area contributed by atoms with Crippen LogP contribution < -0.4 is 5.32 Å². The summed E-state index contributed by atoms with van der Waals surface area (Å²) in [7, 11) is 4.27. The number of hydrogen-bond acceptors (Lipinski definition) is 2. The van der Waals surface area contributed by atoms with E-state index in [2.05, 4.69) is 45.0 Å². The maximum Gasteiger partial charge on any atom is 0.0217 e. The average molecular weight is 200 g/mol. The molecule has 0 aliphatic heterocycles. The van der Waals surface area contributed by atoms with Gasteiger partial charge < -0.3 is 10.2 Å². The number of rotatable bonds is 6. The van der Waals surface area contributed by atoms with E-state index < -0.39 is 0 Å². The van der Waals surface area contributed by atoms with Crippen LogP contribution in [-0.2, 0) is 0 Å². The van der Waals surface area contributed by atoms with Gasteiger partial charge in [0.15, 0.2) is 0 Å². The van der Waals surface area contributed by atoms with E-state index in [0.29, 0.717) is 11.5 Å². The molecule has 0 aliphatic carbocycles. The summed E-state index contributed by atoms with van der Waals surface area (Å²) in [6.07, 6.45) is 2.55. The predicted molar refractivity (Wildman–Crippen MR) is 64.7 cm³/mol. The smallest absolute Gasteiger partial charge is 0.0217 e. The van der Waals surface area contributed by atoms with Gasteiger partial charge in [0.05, 0.1) is 0 Å². The van der Waals surface area contributed by atoms with Crippen molar-refractivity contribution in [3.05, 3.63) is 0 Å². The SMILES string of the molecule is CCCC(CNC)N(C)CC(C)(C)C. The lowest BCUT2D eigenvalue weighted by Crippen LogP contribution is -2.42. The van der Waals surface area contributed by atoms with Crippen molar-refractivity contribution in [2.45, 2.75) is 46.6 Å². The lowest BCUT2D eigenvalue weighted by atomic mass is 9.95. The summed E-state index contributed by atoms with van der Waals surface area (Å²) in [5, 5.41) is 3.28. The van der Waals surface area contributed by atoms with E-state index in [1.807, 2.05) is 7.05 Å². The van der Waals surface area contributed by atoms with Gasteiger partial charge in [0.1, 0.15) is 0 Å². The third kappa shape index (κ3) is 6.39. The third-order valence-electron chi connectivity index (χ3n) is 2.41. The van der Waals surface area contributed by atoms with Crippen molar-refractivity contribution in [3.63, 3.8) is 0 Å². The van der Waals surface area contributed by atoms with Crippen molar-refractivity contribution in [2.24, 2.45) is 5.41 Å². The first-order chi connectivity index (χ1) is 6.40. The molecule has 0 radical (unpaired) electrons. The summed E-state index contributed by atoms with van der Waals surface area (Å²) < 4.78 is 0. The molecule has 1 atom stereocenters. The molecule has 14 heavy (non-hydrogen) atoms. The molecule has 0 saturated carbocycles. The summed E-state index contributed by atoms with van der Waals surface area (Å²) in [6.45, 7) is 11.4. The molecule has 0 amide bonds. The Morgan fingerprint density at radius 1 is 1.29 bits per heavy atom. The van der Waals surface area contributed by atoms with Crippen LogP contribution in [0.25, 0.3) is 0 Å². The summed E-state index contributed by atoms with van der Waals surface area (Å²) >= 11 is 0. The average Bonchev–Trinajstić information content (AvgIpc) is 2.01. The van der Waals surface area contributed by atoms with Crippen molar-refractivity contribution < 1.29 is 0 Å². The molecule has 0 fully saturated rings. The zero-order valence-corrected chi connectivity index (χ0v) is 10.9. The van der Waals surface area contributed by atoms with Gasteiger partial charge in [0.25, 0.3) is 0 Å². The number of nitrogens with one attached hydrogen (secondary N) is 1. The number of nitrogens with zero attached hydrogens (tertiary/aromatic N) is 1. The summed E-state index contributed by atoms with van der Waals surface area (Å²) in [6, 6.07) is 0.684. The van der Waals surface area contributed by atoms with Crippen molar-refractivity contribution in [1.82, 2.24) is 10.2 Å². The molecule has 0 saturated heterocycles. The highest BCUT2D eigenvalue weighted by Gasteiger charge is 2.19. The molecule has 2 heteroatoms. The Labute approximate surface area is 90.1 Å². The van der Waals surface area contributed by atoms with Crippen molar-refractivity contribution >= 4 is 0 Å². The van der Waals surface area contributed by atoms with Crippen LogP contribution in [0.5, 0.6) is 0 Å². The minimum Gasteiger partial charge on any atom is -0.318 e. The van der Waals surface area contributed by atoms with E-state index in [-0.39, 0.29) is 0 Å². The van der Waals surface area contributed by atoms with Gasteiger partial charge in [-0.25, -0.2) is 0 Å². The molecule has 1 unspecified atom stereocenters. The minimum absolute atomic E-state index is 0.397. The molecule has 0 rings (SSSR count). The topological polar surface area (TPSA) is 15.3 Å². The fraction of sp³-hybridized carbons (Fsp3) is 1.00. The summed E-state index contributed by atoms with van der Waals surface area (Å²) in [4.78, 5) is 2.49. The van der Waals surface area contributed by atoms with E-state index in [9.17, 15) is 0 Å². The van der Waals surface area contributed by atoms with Crippen LogP contribution in [0.1, 0.15) is 40.5 Å². The van der Waals surface area contributed by atoms with Gasteiger partial charge in [-0.2, -0.15) is 0 Å². The molecule has 0 heterocycles. The Bertz CT molecular complexity index is 132. The fourth-order valence-corrected chi connectivity index (χ4v) is 1.92. The lowest BCUT2D eigenvalue weighted by Gasteiger charge is -2.33.